The van der Waals surface area contributed by atoms with Crippen LogP contribution in [0.4, 0.5) is 19.0 Å². The second kappa shape index (κ2) is 4.47. The lowest BCUT2D eigenvalue weighted by Gasteiger charge is -2.09. The highest BCUT2D eigenvalue weighted by atomic mass is 19.4. The molecule has 0 amide bonds. The van der Waals surface area contributed by atoms with Crippen LogP contribution in [0.2, 0.25) is 0 Å². The zero-order chi connectivity index (χ0) is 14.3. The molecule has 2 N–H and O–H groups in total. The molecule has 0 unspecified atom stereocenters. The molecular formula is C14H12F3N3. The predicted octanol–water partition coefficient (Wildman–Crippen LogP) is 3.62. The molecule has 0 bridgehead atoms. The molecule has 0 radical (unpaired) electrons. The maximum absolute atomic E-state index is 12.7. The Bertz CT molecular complexity index is 648. The summed E-state index contributed by atoms with van der Waals surface area (Å²) in [6, 6.07) is 6.67. The van der Waals surface area contributed by atoms with Crippen molar-refractivity contribution in [1.29, 1.82) is 0 Å². The van der Waals surface area contributed by atoms with E-state index in [-0.39, 0.29) is 11.6 Å². The number of benzene rings is 1. The molecule has 1 aliphatic rings. The van der Waals surface area contributed by atoms with Crippen molar-refractivity contribution in [2.45, 2.75) is 24.9 Å². The van der Waals surface area contributed by atoms with Gasteiger partial charge in [-0.1, -0.05) is 12.1 Å². The topological polar surface area (TPSA) is 51.8 Å². The molecule has 0 saturated heterocycles. The van der Waals surface area contributed by atoms with Crippen LogP contribution in [0, 0.1) is 0 Å². The summed E-state index contributed by atoms with van der Waals surface area (Å²) in [6.07, 6.45) is -2.30. The van der Waals surface area contributed by atoms with Gasteiger partial charge >= 0.3 is 6.18 Å². The fourth-order valence-corrected chi connectivity index (χ4v) is 2.04. The van der Waals surface area contributed by atoms with Crippen molar-refractivity contribution in [3.63, 3.8) is 0 Å². The van der Waals surface area contributed by atoms with Crippen LogP contribution < -0.4 is 5.73 Å². The number of rotatable bonds is 2. The van der Waals surface area contributed by atoms with Gasteiger partial charge in [0, 0.05) is 23.2 Å². The lowest BCUT2D eigenvalue weighted by molar-refractivity contribution is -0.137. The van der Waals surface area contributed by atoms with E-state index in [1.54, 1.807) is 12.1 Å². The Kier molecular flexibility index (Phi) is 2.88. The van der Waals surface area contributed by atoms with Crippen molar-refractivity contribution >= 4 is 5.82 Å². The first kappa shape index (κ1) is 12.9. The highest BCUT2D eigenvalue weighted by Crippen LogP contribution is 2.40. The van der Waals surface area contributed by atoms with Crippen LogP contribution in [0.3, 0.4) is 0 Å². The molecular weight excluding hydrogens is 267 g/mol. The minimum absolute atomic E-state index is 0.248. The number of halogens is 3. The molecule has 1 saturated carbocycles. The van der Waals surface area contributed by atoms with Gasteiger partial charge in [0.1, 0.15) is 5.82 Å². The number of nitrogen functional groups attached to an aromatic ring is 1. The van der Waals surface area contributed by atoms with Crippen molar-refractivity contribution in [3.8, 4) is 11.4 Å². The smallest absolute Gasteiger partial charge is 0.384 e. The zero-order valence-electron chi connectivity index (χ0n) is 10.5. The van der Waals surface area contributed by atoms with Crippen LogP contribution in [0.5, 0.6) is 0 Å². The third-order valence-corrected chi connectivity index (χ3v) is 3.21. The average Bonchev–Trinajstić information content (AvgIpc) is 3.21. The summed E-state index contributed by atoms with van der Waals surface area (Å²) in [5.74, 6) is 0.900. The Morgan fingerprint density at radius 3 is 2.50 bits per heavy atom. The van der Waals surface area contributed by atoms with E-state index in [2.05, 4.69) is 9.97 Å². The van der Waals surface area contributed by atoms with Crippen LogP contribution >= 0.6 is 0 Å². The molecule has 1 aliphatic carbocycles. The Balaban J connectivity index is 2.04. The molecule has 0 aliphatic heterocycles. The Hall–Kier alpha value is -2.11. The van der Waals surface area contributed by atoms with Gasteiger partial charge in [0.2, 0.25) is 0 Å². The van der Waals surface area contributed by atoms with Crippen molar-refractivity contribution in [2.75, 3.05) is 5.73 Å². The summed E-state index contributed by atoms with van der Waals surface area (Å²) in [5, 5.41) is 0. The lowest BCUT2D eigenvalue weighted by atomic mass is 10.1. The van der Waals surface area contributed by atoms with Crippen molar-refractivity contribution in [3.05, 3.63) is 41.6 Å². The third kappa shape index (κ3) is 2.59. The van der Waals surface area contributed by atoms with Crippen LogP contribution in [-0.2, 0) is 6.18 Å². The van der Waals surface area contributed by atoms with Crippen molar-refractivity contribution in [1.82, 2.24) is 9.97 Å². The maximum Gasteiger partial charge on any atom is 0.416 e. The van der Waals surface area contributed by atoms with Gasteiger partial charge in [-0.3, -0.25) is 0 Å². The van der Waals surface area contributed by atoms with Crippen LogP contribution in [-0.4, -0.2) is 9.97 Å². The normalized spacial score (nSPS) is 15.3. The number of nitrogens with two attached hydrogens (primary N) is 1. The molecule has 1 heterocycles. The first-order valence-electron chi connectivity index (χ1n) is 6.25. The van der Waals surface area contributed by atoms with E-state index in [4.69, 9.17) is 5.73 Å². The lowest BCUT2D eigenvalue weighted by Crippen LogP contribution is -2.05. The largest absolute Gasteiger partial charge is 0.416 e. The van der Waals surface area contributed by atoms with Crippen LogP contribution in [0.15, 0.2) is 30.3 Å². The molecule has 2 aromatic rings. The first-order valence-corrected chi connectivity index (χ1v) is 6.25. The standard InChI is InChI=1S/C14H12F3N3/c15-14(16,17)10-3-1-2-9(6-10)13-19-11(8-4-5-8)7-12(18)20-13/h1-3,6-8H,4-5H2,(H2,18,19,20). The fraction of sp³-hybridized carbons (Fsp3) is 0.286. The summed E-state index contributed by atoms with van der Waals surface area (Å²) < 4.78 is 38.1. The van der Waals surface area contributed by atoms with Gasteiger partial charge < -0.3 is 5.73 Å². The molecule has 1 fully saturated rings. The highest BCUT2D eigenvalue weighted by Gasteiger charge is 2.31. The summed E-state index contributed by atoms with van der Waals surface area (Å²) in [6.45, 7) is 0. The average molecular weight is 279 g/mol. The quantitative estimate of drug-likeness (QED) is 0.913. The molecule has 1 aromatic heterocycles. The molecule has 6 heteroatoms. The summed E-state index contributed by atoms with van der Waals surface area (Å²) >= 11 is 0. The number of anilines is 1. The van der Waals surface area contributed by atoms with E-state index < -0.39 is 11.7 Å². The fourth-order valence-electron chi connectivity index (χ4n) is 2.04. The van der Waals surface area contributed by atoms with E-state index in [1.165, 1.54) is 6.07 Å². The second-order valence-electron chi connectivity index (χ2n) is 4.89. The SMILES string of the molecule is Nc1cc(C2CC2)nc(-c2cccc(C(F)(F)F)c2)n1. The molecule has 3 nitrogen and oxygen atoms in total. The summed E-state index contributed by atoms with van der Waals surface area (Å²) in [5.41, 5.74) is 6.14. The Labute approximate surface area is 113 Å². The van der Waals surface area contributed by atoms with E-state index in [1.807, 2.05) is 0 Å². The van der Waals surface area contributed by atoms with Gasteiger partial charge in [-0.05, 0) is 25.0 Å². The number of alkyl halides is 3. The zero-order valence-corrected chi connectivity index (χ0v) is 10.5. The van der Waals surface area contributed by atoms with Crippen LogP contribution in [0.1, 0.15) is 30.0 Å². The molecule has 3 rings (SSSR count). The monoisotopic (exact) mass is 279 g/mol. The van der Waals surface area contributed by atoms with Gasteiger partial charge in [0.25, 0.3) is 0 Å². The summed E-state index contributed by atoms with van der Waals surface area (Å²) in [7, 11) is 0. The molecule has 0 atom stereocenters. The maximum atomic E-state index is 12.7. The highest BCUT2D eigenvalue weighted by molar-refractivity contribution is 5.58. The van der Waals surface area contributed by atoms with Gasteiger partial charge in [0.15, 0.2) is 5.82 Å². The Morgan fingerprint density at radius 2 is 1.85 bits per heavy atom. The van der Waals surface area contributed by atoms with Gasteiger partial charge in [-0.2, -0.15) is 13.2 Å². The van der Waals surface area contributed by atoms with E-state index in [0.717, 1.165) is 30.7 Å². The molecule has 1 aromatic carbocycles. The van der Waals surface area contributed by atoms with E-state index >= 15 is 0 Å². The predicted molar refractivity (Wildman–Crippen MR) is 68.9 cm³/mol. The number of nitrogens with zero attached hydrogens (tertiary/aromatic N) is 2. The van der Waals surface area contributed by atoms with Crippen LogP contribution in [0.25, 0.3) is 11.4 Å². The minimum atomic E-state index is -4.38. The molecule has 104 valence electrons. The van der Waals surface area contributed by atoms with Gasteiger partial charge in [-0.15, -0.1) is 0 Å². The first-order chi connectivity index (χ1) is 9.43. The third-order valence-electron chi connectivity index (χ3n) is 3.21. The van der Waals surface area contributed by atoms with Crippen molar-refractivity contribution in [2.24, 2.45) is 0 Å². The molecule has 0 spiro atoms. The van der Waals surface area contributed by atoms with E-state index in [9.17, 15) is 13.2 Å². The minimum Gasteiger partial charge on any atom is -0.384 e. The number of hydrogen-bond donors (Lipinski definition) is 1. The van der Waals surface area contributed by atoms with Gasteiger partial charge in [0.05, 0.1) is 5.56 Å². The summed E-state index contributed by atoms with van der Waals surface area (Å²) in [4.78, 5) is 8.37. The van der Waals surface area contributed by atoms with E-state index in [0.29, 0.717) is 11.5 Å². The number of hydrogen-bond acceptors (Lipinski definition) is 3. The van der Waals surface area contributed by atoms with Crippen molar-refractivity contribution < 1.29 is 13.2 Å². The Morgan fingerprint density at radius 1 is 1.10 bits per heavy atom. The second-order valence-corrected chi connectivity index (χ2v) is 4.89. The number of aromatic nitrogens is 2. The van der Waals surface area contributed by atoms with Gasteiger partial charge in [-0.25, -0.2) is 9.97 Å². The molecule has 20 heavy (non-hydrogen) atoms.